The first-order valence-corrected chi connectivity index (χ1v) is 11.3. The predicted molar refractivity (Wildman–Crippen MR) is 119 cm³/mol. The van der Waals surface area contributed by atoms with Crippen LogP contribution in [0.25, 0.3) is 10.6 Å². The number of aromatic nitrogens is 1. The van der Waals surface area contributed by atoms with Crippen LogP contribution in [-0.2, 0) is 13.0 Å². The van der Waals surface area contributed by atoms with E-state index < -0.39 is 0 Å². The zero-order valence-corrected chi connectivity index (χ0v) is 17.9. The number of amides is 1. The van der Waals surface area contributed by atoms with E-state index in [9.17, 15) is 9.18 Å². The van der Waals surface area contributed by atoms with Gasteiger partial charge in [-0.25, -0.2) is 9.37 Å². The Morgan fingerprint density at radius 3 is 2.50 bits per heavy atom. The lowest BCUT2D eigenvalue weighted by Gasteiger charge is -2.31. The Morgan fingerprint density at radius 1 is 1.13 bits per heavy atom. The molecule has 0 unspecified atom stereocenters. The van der Waals surface area contributed by atoms with Crippen LogP contribution in [0.15, 0.2) is 53.9 Å². The lowest BCUT2D eigenvalue weighted by Crippen LogP contribution is -2.44. The van der Waals surface area contributed by atoms with Crippen molar-refractivity contribution < 1.29 is 9.18 Å². The molecule has 1 aliphatic heterocycles. The number of nitrogens with one attached hydrogen (secondary N) is 1. The molecule has 0 aliphatic carbocycles. The maximum atomic E-state index is 13.0. The molecule has 3 aromatic rings. The molecule has 1 aromatic heterocycles. The predicted octanol–water partition coefficient (Wildman–Crippen LogP) is 4.91. The quantitative estimate of drug-likeness (QED) is 0.613. The molecule has 1 aliphatic rings. The van der Waals surface area contributed by atoms with E-state index in [-0.39, 0.29) is 17.8 Å². The van der Waals surface area contributed by atoms with Gasteiger partial charge in [0.05, 0.1) is 5.69 Å². The Bertz CT molecular complexity index is 976. The summed E-state index contributed by atoms with van der Waals surface area (Å²) in [6, 6.07) is 14.5. The standard InChI is InChI=1S/C24H26FN3OS/c1-2-17-3-5-19(6-4-17)24-27-22(16-30-24)15-28-13-11-21(12-14-28)26-23(29)18-7-9-20(25)10-8-18/h3-10,16,21H,2,11-15H2,1H3,(H,26,29). The molecule has 2 heterocycles. The fraction of sp³-hybridized carbons (Fsp3) is 0.333. The molecular formula is C24H26FN3OS. The third kappa shape index (κ3) is 5.12. The Kier molecular flexibility index (Phi) is 6.55. The number of aryl methyl sites for hydroxylation is 1. The number of rotatable bonds is 6. The monoisotopic (exact) mass is 423 g/mol. The zero-order valence-electron chi connectivity index (χ0n) is 17.1. The van der Waals surface area contributed by atoms with Crippen molar-refractivity contribution in [2.75, 3.05) is 13.1 Å². The van der Waals surface area contributed by atoms with Crippen molar-refractivity contribution in [1.29, 1.82) is 0 Å². The Balaban J connectivity index is 1.27. The molecule has 2 aromatic carbocycles. The molecule has 1 fully saturated rings. The van der Waals surface area contributed by atoms with E-state index in [1.54, 1.807) is 11.3 Å². The van der Waals surface area contributed by atoms with Gasteiger partial charge in [-0.2, -0.15) is 0 Å². The van der Waals surface area contributed by atoms with Crippen LogP contribution in [0.1, 0.15) is 41.4 Å². The van der Waals surface area contributed by atoms with Gasteiger partial charge in [-0.1, -0.05) is 31.2 Å². The number of halogens is 1. The second kappa shape index (κ2) is 9.49. The van der Waals surface area contributed by atoms with Crippen LogP contribution in [0.5, 0.6) is 0 Å². The van der Waals surface area contributed by atoms with Crippen LogP contribution in [0.3, 0.4) is 0 Å². The van der Waals surface area contributed by atoms with Crippen LogP contribution in [-0.4, -0.2) is 34.9 Å². The van der Waals surface area contributed by atoms with Gasteiger partial charge in [0.15, 0.2) is 0 Å². The normalized spacial score (nSPS) is 15.3. The maximum Gasteiger partial charge on any atom is 0.251 e. The summed E-state index contributed by atoms with van der Waals surface area (Å²) in [5, 5.41) is 6.28. The number of nitrogens with zero attached hydrogens (tertiary/aromatic N) is 2. The first-order chi connectivity index (χ1) is 14.6. The first-order valence-electron chi connectivity index (χ1n) is 10.4. The first kappa shape index (κ1) is 20.7. The molecule has 4 nitrogen and oxygen atoms in total. The highest BCUT2D eigenvalue weighted by Crippen LogP contribution is 2.25. The van der Waals surface area contributed by atoms with Gasteiger partial charge in [-0.15, -0.1) is 11.3 Å². The molecule has 30 heavy (non-hydrogen) atoms. The molecule has 0 saturated carbocycles. The summed E-state index contributed by atoms with van der Waals surface area (Å²) in [4.78, 5) is 19.5. The third-order valence-electron chi connectivity index (χ3n) is 5.58. The van der Waals surface area contributed by atoms with Gasteiger partial charge >= 0.3 is 0 Å². The van der Waals surface area contributed by atoms with Crippen molar-refractivity contribution in [2.45, 2.75) is 38.8 Å². The summed E-state index contributed by atoms with van der Waals surface area (Å²) >= 11 is 1.69. The van der Waals surface area contributed by atoms with Crippen molar-refractivity contribution in [1.82, 2.24) is 15.2 Å². The minimum Gasteiger partial charge on any atom is -0.349 e. The number of piperidine rings is 1. The van der Waals surface area contributed by atoms with E-state index in [0.717, 1.165) is 49.6 Å². The number of carbonyl (C=O) groups excluding carboxylic acids is 1. The lowest BCUT2D eigenvalue weighted by atomic mass is 10.0. The van der Waals surface area contributed by atoms with Crippen molar-refractivity contribution in [3.63, 3.8) is 0 Å². The molecule has 1 saturated heterocycles. The Morgan fingerprint density at radius 2 is 1.83 bits per heavy atom. The molecule has 0 bridgehead atoms. The fourth-order valence-electron chi connectivity index (χ4n) is 3.73. The van der Waals surface area contributed by atoms with Gasteiger partial charge in [0.1, 0.15) is 10.8 Å². The van der Waals surface area contributed by atoms with Crippen molar-refractivity contribution in [2.24, 2.45) is 0 Å². The van der Waals surface area contributed by atoms with Gasteiger partial charge in [-0.3, -0.25) is 9.69 Å². The molecule has 0 atom stereocenters. The minimum absolute atomic E-state index is 0.133. The second-order valence-corrected chi connectivity index (χ2v) is 8.58. The van der Waals surface area contributed by atoms with Gasteiger partial charge in [0.2, 0.25) is 0 Å². The summed E-state index contributed by atoms with van der Waals surface area (Å²) in [5.74, 6) is -0.463. The number of hydrogen-bond donors (Lipinski definition) is 1. The molecule has 156 valence electrons. The highest BCUT2D eigenvalue weighted by Gasteiger charge is 2.22. The molecule has 0 radical (unpaired) electrons. The molecule has 0 spiro atoms. The summed E-state index contributed by atoms with van der Waals surface area (Å²) in [5.41, 5.74) is 4.11. The van der Waals surface area contributed by atoms with Crippen molar-refractivity contribution in [3.8, 4) is 10.6 Å². The molecule has 1 N–H and O–H groups in total. The summed E-state index contributed by atoms with van der Waals surface area (Å²) in [7, 11) is 0. The van der Waals surface area contributed by atoms with Gasteiger partial charge < -0.3 is 5.32 Å². The average Bonchev–Trinajstić information content (AvgIpc) is 3.24. The molecule has 1 amide bonds. The van der Waals surface area contributed by atoms with Crippen LogP contribution < -0.4 is 5.32 Å². The number of hydrogen-bond acceptors (Lipinski definition) is 4. The number of carbonyl (C=O) groups is 1. The van der Waals surface area contributed by atoms with E-state index >= 15 is 0 Å². The maximum absolute atomic E-state index is 13.0. The Hall–Kier alpha value is -2.57. The van der Waals surface area contributed by atoms with Crippen LogP contribution in [0.4, 0.5) is 4.39 Å². The third-order valence-corrected chi connectivity index (χ3v) is 6.52. The smallest absolute Gasteiger partial charge is 0.251 e. The minimum atomic E-state index is -0.331. The van der Waals surface area contributed by atoms with Gasteiger partial charge in [-0.05, 0) is 49.1 Å². The van der Waals surface area contributed by atoms with E-state index in [1.807, 2.05) is 0 Å². The zero-order chi connectivity index (χ0) is 20.9. The second-order valence-electron chi connectivity index (χ2n) is 7.73. The number of benzene rings is 2. The largest absolute Gasteiger partial charge is 0.349 e. The van der Waals surface area contributed by atoms with Gasteiger partial charge in [0, 0.05) is 42.2 Å². The SMILES string of the molecule is CCc1ccc(-c2nc(CN3CCC(NC(=O)c4ccc(F)cc4)CC3)cs2)cc1. The lowest BCUT2D eigenvalue weighted by molar-refractivity contribution is 0.0908. The van der Waals surface area contributed by atoms with Crippen molar-refractivity contribution in [3.05, 3.63) is 76.5 Å². The number of thiazole rings is 1. The number of likely N-dealkylation sites (tertiary alicyclic amines) is 1. The van der Waals surface area contributed by atoms with E-state index in [1.165, 1.54) is 35.4 Å². The summed E-state index contributed by atoms with van der Waals surface area (Å²) in [6.45, 7) is 4.84. The van der Waals surface area contributed by atoms with Crippen molar-refractivity contribution >= 4 is 17.2 Å². The highest BCUT2D eigenvalue weighted by atomic mass is 32.1. The molecule has 4 rings (SSSR count). The van der Waals surface area contributed by atoms with Gasteiger partial charge in [0.25, 0.3) is 5.91 Å². The van der Waals surface area contributed by atoms with Crippen LogP contribution >= 0.6 is 11.3 Å². The highest BCUT2D eigenvalue weighted by molar-refractivity contribution is 7.13. The average molecular weight is 424 g/mol. The molecular weight excluding hydrogens is 397 g/mol. The Labute approximate surface area is 180 Å². The molecule has 6 heteroatoms. The van der Waals surface area contributed by atoms with E-state index in [4.69, 9.17) is 4.98 Å². The van der Waals surface area contributed by atoms with Crippen LogP contribution in [0.2, 0.25) is 0 Å². The fourth-order valence-corrected chi connectivity index (χ4v) is 4.55. The van der Waals surface area contributed by atoms with E-state index in [0.29, 0.717) is 5.56 Å². The van der Waals surface area contributed by atoms with Crippen LogP contribution in [0, 0.1) is 5.82 Å². The van der Waals surface area contributed by atoms with E-state index in [2.05, 4.69) is 46.8 Å². The summed E-state index contributed by atoms with van der Waals surface area (Å²) < 4.78 is 13.0. The summed E-state index contributed by atoms with van der Waals surface area (Å²) in [6.07, 6.45) is 2.86. The topological polar surface area (TPSA) is 45.2 Å².